The fourth-order valence-corrected chi connectivity index (χ4v) is 3.72. The molecule has 0 saturated carbocycles. The third-order valence-electron chi connectivity index (χ3n) is 5.40. The summed E-state index contributed by atoms with van der Waals surface area (Å²) in [6.45, 7) is 8.66. The molecule has 2 fully saturated rings. The van der Waals surface area contributed by atoms with E-state index >= 15 is 0 Å². The average molecular weight is 360 g/mol. The summed E-state index contributed by atoms with van der Waals surface area (Å²) in [5.74, 6) is 1.60. The number of nitrogens with zero attached hydrogens (tertiary/aromatic N) is 1. The Morgan fingerprint density at radius 3 is 2.54 bits per heavy atom. The van der Waals surface area contributed by atoms with Crippen molar-refractivity contribution in [3.05, 3.63) is 0 Å². The first-order valence-electron chi connectivity index (χ1n) is 9.38. The lowest BCUT2D eigenvalue weighted by Gasteiger charge is -2.34. The maximum absolute atomic E-state index is 12.5. The largest absolute Gasteiger partial charge is 0.356 e. The Morgan fingerprint density at radius 1 is 1.25 bits per heavy atom. The molecule has 0 aromatic carbocycles. The summed E-state index contributed by atoms with van der Waals surface area (Å²) in [5, 5.41) is 6.41. The van der Waals surface area contributed by atoms with Gasteiger partial charge in [0.1, 0.15) is 0 Å². The Balaban J connectivity index is 0.00000288. The van der Waals surface area contributed by atoms with E-state index in [1.807, 2.05) is 4.90 Å². The van der Waals surface area contributed by atoms with Crippen molar-refractivity contribution in [1.29, 1.82) is 0 Å². The first-order valence-corrected chi connectivity index (χ1v) is 9.38. The Kier molecular flexibility index (Phi) is 9.67. The highest BCUT2D eigenvalue weighted by Gasteiger charge is 2.29. The summed E-state index contributed by atoms with van der Waals surface area (Å²) < 4.78 is 0. The molecule has 0 spiro atoms. The number of hydrogen-bond donors (Lipinski definition) is 2. The van der Waals surface area contributed by atoms with E-state index in [4.69, 9.17) is 0 Å². The van der Waals surface area contributed by atoms with Crippen LogP contribution in [0.3, 0.4) is 0 Å². The van der Waals surface area contributed by atoms with Gasteiger partial charge in [0, 0.05) is 32.0 Å². The van der Waals surface area contributed by atoms with Crippen LogP contribution in [0.1, 0.15) is 52.4 Å². The molecule has 6 heteroatoms. The van der Waals surface area contributed by atoms with Gasteiger partial charge in [-0.15, -0.1) is 12.4 Å². The van der Waals surface area contributed by atoms with E-state index in [-0.39, 0.29) is 30.1 Å². The van der Waals surface area contributed by atoms with Gasteiger partial charge < -0.3 is 15.5 Å². The Morgan fingerprint density at radius 2 is 1.96 bits per heavy atom. The minimum Gasteiger partial charge on any atom is -0.356 e. The topological polar surface area (TPSA) is 61.4 Å². The molecule has 5 nitrogen and oxygen atoms in total. The molecular formula is C18H34ClN3O2. The lowest BCUT2D eigenvalue weighted by atomic mass is 9.85. The van der Waals surface area contributed by atoms with Gasteiger partial charge in [-0.2, -0.15) is 0 Å². The van der Waals surface area contributed by atoms with Crippen molar-refractivity contribution in [2.75, 3.05) is 32.7 Å². The highest BCUT2D eigenvalue weighted by molar-refractivity contribution is 5.85. The summed E-state index contributed by atoms with van der Waals surface area (Å²) in [5.41, 5.74) is 0. The SMILES string of the molecule is CCCNC(=O)C1CCN(C(=O)CC(C)C2CCCNC2)CC1.Cl. The summed E-state index contributed by atoms with van der Waals surface area (Å²) in [4.78, 5) is 26.5. The van der Waals surface area contributed by atoms with E-state index in [1.54, 1.807) is 0 Å². The number of carbonyl (C=O) groups is 2. The summed E-state index contributed by atoms with van der Waals surface area (Å²) in [6, 6.07) is 0. The van der Waals surface area contributed by atoms with E-state index in [1.165, 1.54) is 12.8 Å². The van der Waals surface area contributed by atoms with E-state index in [0.29, 0.717) is 18.3 Å². The molecule has 2 unspecified atom stereocenters. The van der Waals surface area contributed by atoms with E-state index in [9.17, 15) is 9.59 Å². The molecule has 24 heavy (non-hydrogen) atoms. The van der Waals surface area contributed by atoms with Crippen LogP contribution in [0.5, 0.6) is 0 Å². The van der Waals surface area contributed by atoms with Crippen molar-refractivity contribution < 1.29 is 9.59 Å². The van der Waals surface area contributed by atoms with Crippen molar-refractivity contribution >= 4 is 24.2 Å². The number of hydrogen-bond acceptors (Lipinski definition) is 3. The van der Waals surface area contributed by atoms with Gasteiger partial charge in [0.25, 0.3) is 0 Å². The molecule has 2 atom stereocenters. The number of carbonyl (C=O) groups excluding carboxylic acids is 2. The van der Waals surface area contributed by atoms with Crippen LogP contribution in [-0.2, 0) is 9.59 Å². The number of amides is 2. The second-order valence-electron chi connectivity index (χ2n) is 7.23. The lowest BCUT2D eigenvalue weighted by Crippen LogP contribution is -2.44. The van der Waals surface area contributed by atoms with Gasteiger partial charge in [-0.1, -0.05) is 13.8 Å². The fourth-order valence-electron chi connectivity index (χ4n) is 3.72. The van der Waals surface area contributed by atoms with Gasteiger partial charge in [-0.05, 0) is 57.0 Å². The quantitative estimate of drug-likeness (QED) is 0.764. The van der Waals surface area contributed by atoms with E-state index in [0.717, 1.165) is 52.0 Å². The summed E-state index contributed by atoms with van der Waals surface area (Å²) in [7, 11) is 0. The molecule has 0 bridgehead atoms. The van der Waals surface area contributed by atoms with Crippen LogP contribution in [0, 0.1) is 17.8 Å². The van der Waals surface area contributed by atoms with Crippen LogP contribution in [0.4, 0.5) is 0 Å². The van der Waals surface area contributed by atoms with Crippen molar-refractivity contribution in [3.8, 4) is 0 Å². The van der Waals surface area contributed by atoms with E-state index in [2.05, 4.69) is 24.5 Å². The molecule has 2 aliphatic heterocycles. The van der Waals surface area contributed by atoms with E-state index < -0.39 is 0 Å². The van der Waals surface area contributed by atoms with Crippen LogP contribution in [0.15, 0.2) is 0 Å². The first kappa shape index (κ1) is 21.2. The zero-order chi connectivity index (χ0) is 16.7. The summed E-state index contributed by atoms with van der Waals surface area (Å²) >= 11 is 0. The molecule has 2 amide bonds. The van der Waals surface area contributed by atoms with Crippen molar-refractivity contribution in [2.24, 2.45) is 17.8 Å². The first-order chi connectivity index (χ1) is 11.1. The minimum atomic E-state index is 0. The second-order valence-corrected chi connectivity index (χ2v) is 7.23. The molecule has 2 saturated heterocycles. The molecule has 0 aromatic rings. The maximum atomic E-state index is 12.5. The molecular weight excluding hydrogens is 326 g/mol. The van der Waals surface area contributed by atoms with Gasteiger partial charge in [0.15, 0.2) is 0 Å². The molecule has 2 aliphatic rings. The number of nitrogens with one attached hydrogen (secondary N) is 2. The van der Waals surface area contributed by atoms with Gasteiger partial charge >= 0.3 is 0 Å². The van der Waals surface area contributed by atoms with Crippen LogP contribution >= 0.6 is 12.4 Å². The molecule has 140 valence electrons. The van der Waals surface area contributed by atoms with Crippen LogP contribution < -0.4 is 10.6 Å². The molecule has 0 radical (unpaired) electrons. The van der Waals surface area contributed by atoms with Gasteiger partial charge in [0.05, 0.1) is 0 Å². The standard InChI is InChI=1S/C18H33N3O2.ClH/c1-3-8-20-18(23)15-6-10-21(11-7-15)17(22)12-14(2)16-5-4-9-19-13-16;/h14-16,19H,3-13H2,1-2H3,(H,20,23);1H. The molecule has 2 rings (SSSR count). The fraction of sp³-hybridized carbons (Fsp3) is 0.889. The molecule has 0 aliphatic carbocycles. The third kappa shape index (κ3) is 6.25. The van der Waals surface area contributed by atoms with Crippen LogP contribution in [0.25, 0.3) is 0 Å². The monoisotopic (exact) mass is 359 g/mol. The smallest absolute Gasteiger partial charge is 0.223 e. The predicted octanol–water partition coefficient (Wildman–Crippen LogP) is 2.20. The highest BCUT2D eigenvalue weighted by atomic mass is 35.5. The van der Waals surface area contributed by atoms with Gasteiger partial charge in [-0.3, -0.25) is 9.59 Å². The van der Waals surface area contributed by atoms with Crippen molar-refractivity contribution in [1.82, 2.24) is 15.5 Å². The zero-order valence-electron chi connectivity index (χ0n) is 15.2. The van der Waals surface area contributed by atoms with Gasteiger partial charge in [0.2, 0.25) is 11.8 Å². The minimum absolute atomic E-state index is 0. The second kappa shape index (κ2) is 10.9. The maximum Gasteiger partial charge on any atom is 0.223 e. The Labute approximate surface area is 152 Å². The van der Waals surface area contributed by atoms with Crippen molar-refractivity contribution in [2.45, 2.75) is 52.4 Å². The number of piperidine rings is 2. The van der Waals surface area contributed by atoms with Crippen LogP contribution in [0.2, 0.25) is 0 Å². The highest BCUT2D eigenvalue weighted by Crippen LogP contribution is 2.25. The normalized spacial score (nSPS) is 23.2. The number of halogens is 1. The summed E-state index contributed by atoms with van der Waals surface area (Å²) in [6.07, 6.45) is 5.69. The van der Waals surface area contributed by atoms with Crippen LogP contribution in [-0.4, -0.2) is 49.4 Å². The molecule has 0 aromatic heterocycles. The van der Waals surface area contributed by atoms with Crippen molar-refractivity contribution in [3.63, 3.8) is 0 Å². The lowest BCUT2D eigenvalue weighted by molar-refractivity contribution is -0.136. The Bertz CT molecular complexity index is 392. The number of likely N-dealkylation sites (tertiary alicyclic amines) is 1. The average Bonchev–Trinajstić information content (AvgIpc) is 2.60. The zero-order valence-corrected chi connectivity index (χ0v) is 16.0. The Hall–Kier alpha value is -0.810. The number of rotatable bonds is 6. The molecule has 2 heterocycles. The predicted molar refractivity (Wildman–Crippen MR) is 99.2 cm³/mol. The third-order valence-corrected chi connectivity index (χ3v) is 5.40. The molecule has 2 N–H and O–H groups in total. The van der Waals surface area contributed by atoms with Gasteiger partial charge in [-0.25, -0.2) is 0 Å².